The fraction of sp³-hybridized carbons (Fsp3) is 0.436. The molecule has 4 atom stereocenters. The van der Waals surface area contributed by atoms with E-state index < -0.39 is 89.1 Å². The van der Waals surface area contributed by atoms with Crippen molar-refractivity contribution in [1.82, 2.24) is 25.0 Å². The number of imide groups is 1. The number of aliphatic hydroxyl groups is 1. The van der Waals surface area contributed by atoms with E-state index in [1.807, 2.05) is 55.7 Å². The highest BCUT2D eigenvalue weighted by atomic mass is 32.2. The molecule has 2 unspecified atom stereocenters. The number of aliphatic hydroxyl groups excluding tert-OH is 1. The van der Waals surface area contributed by atoms with Gasteiger partial charge in [0.25, 0.3) is 0 Å². The Kier molecular flexibility index (Phi) is 15.5. The Morgan fingerprint density at radius 3 is 2.33 bits per heavy atom. The standard InChI is InChI=1S/C39H49F2N7O8S/c1-39(2,3)35(30-15-24(26-16-25(40)9-10-27(26)41)19-46(30)18-23-7-5-4-6-8-23)47(34(52)21-49)14-11-28(42)36(53)45-13-12-44-32(50)20-48-33(51)17-31(37(48)54)57-22-29(43)38(55)56/h4-10,15-16,19,28-29,31,35,49H,11-14,17-18,20-22,42-43H2,1-3H3,(H,44,50)(H,45,53)(H,55,56)/t28-,29?,31?,35-/m0/s1. The molecule has 2 heterocycles. The first kappa shape index (κ1) is 44.5. The lowest BCUT2D eigenvalue weighted by Crippen LogP contribution is -2.48. The maximum Gasteiger partial charge on any atom is 0.321 e. The van der Waals surface area contributed by atoms with Gasteiger partial charge in [0.05, 0.1) is 17.3 Å². The van der Waals surface area contributed by atoms with Gasteiger partial charge in [-0.25, -0.2) is 8.78 Å². The second-order valence-corrected chi connectivity index (χ2v) is 16.0. The lowest BCUT2D eigenvalue weighted by Gasteiger charge is -2.41. The summed E-state index contributed by atoms with van der Waals surface area (Å²) in [6.07, 6.45) is 1.47. The number of nitrogens with one attached hydrogen (secondary N) is 2. The highest BCUT2D eigenvalue weighted by molar-refractivity contribution is 8.00. The third kappa shape index (κ3) is 11.9. The number of halogens is 2. The Balaban J connectivity index is 1.40. The van der Waals surface area contributed by atoms with Gasteiger partial charge in [0.15, 0.2) is 0 Å². The number of benzene rings is 2. The van der Waals surface area contributed by atoms with Gasteiger partial charge in [-0.3, -0.25) is 33.7 Å². The van der Waals surface area contributed by atoms with Gasteiger partial charge in [-0.05, 0) is 41.7 Å². The maximum atomic E-state index is 15.0. The molecular weight excluding hydrogens is 765 g/mol. The van der Waals surface area contributed by atoms with Crippen LogP contribution < -0.4 is 22.1 Å². The third-order valence-corrected chi connectivity index (χ3v) is 10.6. The van der Waals surface area contributed by atoms with Crippen LogP contribution in [0.4, 0.5) is 8.78 Å². The molecule has 1 aliphatic heterocycles. The largest absolute Gasteiger partial charge is 0.480 e. The quantitative estimate of drug-likeness (QED) is 0.0753. The predicted octanol–water partition coefficient (Wildman–Crippen LogP) is 1.61. The van der Waals surface area contributed by atoms with Crippen molar-refractivity contribution in [2.24, 2.45) is 16.9 Å². The highest BCUT2D eigenvalue weighted by Gasteiger charge is 2.40. The molecule has 308 valence electrons. The van der Waals surface area contributed by atoms with Gasteiger partial charge in [0, 0.05) is 61.4 Å². The van der Waals surface area contributed by atoms with E-state index in [-0.39, 0.29) is 43.8 Å². The van der Waals surface area contributed by atoms with E-state index in [0.29, 0.717) is 17.8 Å². The molecule has 0 bridgehead atoms. The molecular formula is C39H49F2N7O8S. The molecule has 2 aromatic carbocycles. The van der Waals surface area contributed by atoms with Crippen molar-refractivity contribution >= 4 is 47.3 Å². The molecule has 4 rings (SSSR count). The van der Waals surface area contributed by atoms with Crippen molar-refractivity contribution in [2.75, 3.05) is 38.5 Å². The van der Waals surface area contributed by atoms with Crippen LogP contribution in [0.5, 0.6) is 0 Å². The summed E-state index contributed by atoms with van der Waals surface area (Å²) in [7, 11) is 0. The zero-order chi connectivity index (χ0) is 42.0. The second-order valence-electron chi connectivity index (χ2n) is 14.7. The molecule has 1 saturated heterocycles. The number of carboxylic acids is 1. The average molecular weight is 814 g/mol. The molecule has 0 saturated carbocycles. The fourth-order valence-corrected chi connectivity index (χ4v) is 7.58. The predicted molar refractivity (Wildman–Crippen MR) is 208 cm³/mol. The van der Waals surface area contributed by atoms with Crippen LogP contribution in [0.15, 0.2) is 60.8 Å². The van der Waals surface area contributed by atoms with Crippen molar-refractivity contribution in [1.29, 1.82) is 0 Å². The van der Waals surface area contributed by atoms with E-state index in [1.165, 1.54) is 4.90 Å². The molecule has 57 heavy (non-hydrogen) atoms. The number of hydrogen-bond acceptors (Lipinski definition) is 10. The average Bonchev–Trinajstić information content (AvgIpc) is 3.68. The van der Waals surface area contributed by atoms with Crippen molar-refractivity contribution < 1.29 is 47.8 Å². The van der Waals surface area contributed by atoms with Crippen molar-refractivity contribution in [3.8, 4) is 11.1 Å². The van der Waals surface area contributed by atoms with Gasteiger partial charge in [-0.1, -0.05) is 51.1 Å². The number of carboxylic acid groups (broad SMARTS) is 1. The van der Waals surface area contributed by atoms with Crippen LogP contribution in [-0.2, 0) is 35.3 Å². The number of rotatable bonds is 19. The zero-order valence-corrected chi connectivity index (χ0v) is 32.8. The van der Waals surface area contributed by atoms with E-state index >= 15 is 4.39 Å². The molecule has 0 radical (unpaired) electrons. The van der Waals surface area contributed by atoms with Gasteiger partial charge < -0.3 is 41.8 Å². The molecule has 15 nitrogen and oxygen atoms in total. The van der Waals surface area contributed by atoms with E-state index in [1.54, 1.807) is 12.3 Å². The van der Waals surface area contributed by atoms with Crippen LogP contribution in [0.1, 0.15) is 50.9 Å². The van der Waals surface area contributed by atoms with Crippen molar-refractivity contribution in [3.05, 3.63) is 83.7 Å². The summed E-state index contributed by atoms with van der Waals surface area (Å²) in [6.45, 7) is 4.43. The minimum absolute atomic E-state index is 0.0307. The molecule has 0 spiro atoms. The SMILES string of the molecule is CC(C)(C)[C@H](c1cc(-c2cc(F)ccc2F)cn1Cc1ccccc1)N(CC[C@H](N)C(=O)NCCNC(=O)CN1C(=O)CC(SCC(N)C(=O)O)C1=O)C(=O)CO. The van der Waals surface area contributed by atoms with Crippen molar-refractivity contribution in [3.63, 3.8) is 0 Å². The van der Waals surface area contributed by atoms with Crippen LogP contribution in [0.2, 0.25) is 0 Å². The zero-order valence-electron chi connectivity index (χ0n) is 32.0. The van der Waals surface area contributed by atoms with Crippen molar-refractivity contribution in [2.45, 2.75) is 63.5 Å². The van der Waals surface area contributed by atoms with E-state index in [4.69, 9.17) is 16.6 Å². The minimum Gasteiger partial charge on any atom is -0.480 e. The first-order valence-corrected chi connectivity index (χ1v) is 19.3. The second kappa shape index (κ2) is 19.8. The Bertz CT molecular complexity index is 1940. The van der Waals surface area contributed by atoms with E-state index in [0.717, 1.165) is 40.4 Å². The number of likely N-dealkylation sites (tertiary alicyclic amines) is 1. The van der Waals surface area contributed by atoms with Crippen LogP contribution >= 0.6 is 11.8 Å². The summed E-state index contributed by atoms with van der Waals surface area (Å²) in [4.78, 5) is 77.1. The number of nitrogens with zero attached hydrogens (tertiary/aromatic N) is 3. The Morgan fingerprint density at radius 1 is 1.00 bits per heavy atom. The Labute approximate surface area is 333 Å². The first-order valence-electron chi connectivity index (χ1n) is 18.2. The fourth-order valence-electron chi connectivity index (χ4n) is 6.47. The molecule has 1 fully saturated rings. The first-order chi connectivity index (χ1) is 26.9. The lowest BCUT2D eigenvalue weighted by molar-refractivity contribution is -0.142. The van der Waals surface area contributed by atoms with Gasteiger partial charge in [0.1, 0.15) is 30.8 Å². The molecule has 18 heteroatoms. The van der Waals surface area contributed by atoms with Gasteiger partial charge in [0.2, 0.25) is 29.5 Å². The smallest absolute Gasteiger partial charge is 0.321 e. The summed E-state index contributed by atoms with van der Waals surface area (Å²) >= 11 is 0.934. The molecule has 3 aromatic rings. The van der Waals surface area contributed by atoms with Crippen LogP contribution in [0.25, 0.3) is 11.1 Å². The van der Waals surface area contributed by atoms with Crippen LogP contribution in [0.3, 0.4) is 0 Å². The Morgan fingerprint density at radius 2 is 1.68 bits per heavy atom. The normalized spacial score (nSPS) is 15.9. The molecule has 0 aliphatic carbocycles. The number of aliphatic carboxylic acids is 1. The molecule has 5 amide bonds. The Hall–Kier alpha value is -5.17. The van der Waals surface area contributed by atoms with Gasteiger partial charge >= 0.3 is 5.97 Å². The van der Waals surface area contributed by atoms with Crippen LogP contribution in [0, 0.1) is 17.0 Å². The van der Waals surface area contributed by atoms with Crippen LogP contribution in [-0.4, -0.2) is 116 Å². The molecule has 8 N–H and O–H groups in total. The maximum absolute atomic E-state index is 15.0. The number of thioether (sulfide) groups is 1. The number of hydrogen-bond donors (Lipinski definition) is 6. The summed E-state index contributed by atoms with van der Waals surface area (Å²) in [5, 5.41) is 23.3. The monoisotopic (exact) mass is 813 g/mol. The van der Waals surface area contributed by atoms with Gasteiger partial charge in [-0.2, -0.15) is 0 Å². The van der Waals surface area contributed by atoms with Gasteiger partial charge in [-0.15, -0.1) is 11.8 Å². The summed E-state index contributed by atoms with van der Waals surface area (Å²) < 4.78 is 31.2. The summed E-state index contributed by atoms with van der Waals surface area (Å²) in [6, 6.07) is 11.2. The van der Waals surface area contributed by atoms with E-state index in [9.17, 15) is 38.3 Å². The number of carbonyl (C=O) groups is 6. The summed E-state index contributed by atoms with van der Waals surface area (Å²) in [5.41, 5.74) is 12.9. The summed E-state index contributed by atoms with van der Waals surface area (Å²) in [5.74, 6) is -5.66. The van der Waals surface area contributed by atoms with E-state index in [2.05, 4.69) is 10.6 Å². The minimum atomic E-state index is -1.24. The molecule has 1 aromatic heterocycles. The number of aromatic nitrogens is 1. The lowest BCUT2D eigenvalue weighted by atomic mass is 9.82. The highest BCUT2D eigenvalue weighted by Crippen LogP contribution is 2.41. The topological polar surface area (TPSA) is 230 Å². The number of carbonyl (C=O) groups excluding carboxylic acids is 5. The number of nitrogens with two attached hydrogens (primary N) is 2. The third-order valence-electron chi connectivity index (χ3n) is 9.30. The number of amides is 5. The molecule has 1 aliphatic rings.